The number of rotatable bonds is 5. The number of nitrogens with one attached hydrogen (secondary N) is 2. The summed E-state index contributed by atoms with van der Waals surface area (Å²) < 4.78 is 22.5. The quantitative estimate of drug-likeness (QED) is 0.651. The molecule has 0 saturated carbocycles. The van der Waals surface area contributed by atoms with E-state index in [4.69, 9.17) is 5.14 Å². The Labute approximate surface area is 146 Å². The summed E-state index contributed by atoms with van der Waals surface area (Å²) in [6.45, 7) is 2.33. The van der Waals surface area contributed by atoms with Crippen molar-refractivity contribution in [3.8, 4) is 0 Å². The van der Waals surface area contributed by atoms with Crippen molar-refractivity contribution >= 4 is 26.8 Å². The summed E-state index contributed by atoms with van der Waals surface area (Å²) in [6.07, 6.45) is 0.595. The minimum Gasteiger partial charge on any atom is -0.358 e. The Kier molecular flexibility index (Phi) is 4.61. The molecule has 0 spiro atoms. The van der Waals surface area contributed by atoms with Crippen LogP contribution in [0.5, 0.6) is 0 Å². The lowest BCUT2D eigenvalue weighted by Crippen LogP contribution is -2.26. The number of nitrogens with two attached hydrogens (primary N) is 1. The van der Waals surface area contributed by atoms with Gasteiger partial charge in [0.2, 0.25) is 10.0 Å². The molecule has 0 aliphatic heterocycles. The van der Waals surface area contributed by atoms with E-state index in [1.807, 2.05) is 31.2 Å². The summed E-state index contributed by atoms with van der Waals surface area (Å²) in [5.41, 5.74) is 3.34. The lowest BCUT2D eigenvalue weighted by atomic mass is 10.1. The van der Waals surface area contributed by atoms with Gasteiger partial charge >= 0.3 is 0 Å². The first kappa shape index (κ1) is 17.2. The Bertz CT molecular complexity index is 1020. The predicted molar refractivity (Wildman–Crippen MR) is 96.9 cm³/mol. The Balaban J connectivity index is 1.65. The fourth-order valence-corrected chi connectivity index (χ4v) is 3.34. The van der Waals surface area contributed by atoms with Crippen LogP contribution in [0, 0.1) is 6.92 Å². The van der Waals surface area contributed by atoms with Crippen LogP contribution in [0.25, 0.3) is 10.9 Å². The van der Waals surface area contributed by atoms with Crippen LogP contribution in [0.3, 0.4) is 0 Å². The van der Waals surface area contributed by atoms with Crippen molar-refractivity contribution in [2.24, 2.45) is 5.14 Å². The van der Waals surface area contributed by atoms with Gasteiger partial charge in [-0.1, -0.05) is 30.3 Å². The molecule has 6 nitrogen and oxygen atoms in total. The maximum absolute atomic E-state index is 12.5. The number of carbonyl (C=O) groups excluding carboxylic acids is 1. The largest absolute Gasteiger partial charge is 0.358 e. The van der Waals surface area contributed by atoms with Gasteiger partial charge in [0.05, 0.1) is 10.5 Å². The third-order valence-electron chi connectivity index (χ3n) is 4.07. The number of H-pyrrole nitrogens is 1. The smallest absolute Gasteiger partial charge is 0.253 e. The minimum atomic E-state index is -3.68. The molecule has 0 bridgehead atoms. The minimum absolute atomic E-state index is 0.0784. The van der Waals surface area contributed by atoms with E-state index in [2.05, 4.69) is 10.3 Å². The van der Waals surface area contributed by atoms with E-state index < -0.39 is 10.0 Å². The monoisotopic (exact) mass is 357 g/mol. The highest BCUT2D eigenvalue weighted by atomic mass is 32.2. The van der Waals surface area contributed by atoms with E-state index in [1.54, 1.807) is 12.1 Å². The molecule has 0 aliphatic rings. The average Bonchev–Trinajstić information content (AvgIpc) is 2.90. The van der Waals surface area contributed by atoms with Crippen molar-refractivity contribution in [1.82, 2.24) is 10.3 Å². The molecular formula is C18H19N3O3S. The second-order valence-electron chi connectivity index (χ2n) is 5.87. The molecule has 0 fully saturated rings. The van der Waals surface area contributed by atoms with Crippen LogP contribution in [0.2, 0.25) is 0 Å². The third-order valence-corrected chi connectivity index (χ3v) is 5.00. The molecule has 4 N–H and O–H groups in total. The Morgan fingerprint density at radius 1 is 1.12 bits per heavy atom. The summed E-state index contributed by atoms with van der Waals surface area (Å²) in [5.74, 6) is -0.129. The molecular weight excluding hydrogens is 338 g/mol. The highest BCUT2D eigenvalue weighted by Crippen LogP contribution is 2.21. The fourth-order valence-electron chi connectivity index (χ4n) is 2.82. The Morgan fingerprint density at radius 3 is 2.48 bits per heavy atom. The molecule has 0 unspecified atom stereocenters. The first-order valence-electron chi connectivity index (χ1n) is 7.83. The van der Waals surface area contributed by atoms with Crippen LogP contribution in [0.1, 0.15) is 21.6 Å². The highest BCUT2D eigenvalue weighted by Gasteiger charge is 2.15. The second kappa shape index (κ2) is 6.70. The first-order chi connectivity index (χ1) is 11.9. The lowest BCUT2D eigenvalue weighted by Gasteiger charge is -2.06. The molecule has 3 aromatic rings. The van der Waals surface area contributed by atoms with Gasteiger partial charge in [0.25, 0.3) is 5.91 Å². The van der Waals surface area contributed by atoms with Crippen molar-refractivity contribution in [2.45, 2.75) is 18.2 Å². The molecule has 1 amide bonds. The molecule has 2 aromatic carbocycles. The maximum atomic E-state index is 12.5. The number of primary sulfonamides is 1. The third kappa shape index (κ3) is 3.72. The number of carbonyl (C=O) groups is 1. The Morgan fingerprint density at radius 2 is 1.80 bits per heavy atom. The molecule has 0 aliphatic carbocycles. The number of hydrogen-bond donors (Lipinski definition) is 3. The fraction of sp³-hybridized carbons (Fsp3) is 0.167. The molecule has 3 rings (SSSR count). The molecule has 130 valence electrons. The topological polar surface area (TPSA) is 105 Å². The van der Waals surface area contributed by atoms with Crippen LogP contribution in [0.4, 0.5) is 0 Å². The van der Waals surface area contributed by atoms with E-state index in [0.717, 1.165) is 22.2 Å². The zero-order valence-corrected chi connectivity index (χ0v) is 14.6. The average molecular weight is 357 g/mol. The van der Waals surface area contributed by atoms with Crippen LogP contribution in [-0.4, -0.2) is 25.9 Å². The lowest BCUT2D eigenvalue weighted by molar-refractivity contribution is 0.0955. The van der Waals surface area contributed by atoms with Crippen LogP contribution in [0.15, 0.2) is 53.4 Å². The molecule has 25 heavy (non-hydrogen) atoms. The normalized spacial score (nSPS) is 11.6. The number of hydrogen-bond acceptors (Lipinski definition) is 3. The molecule has 1 aromatic heterocycles. The molecule has 0 saturated heterocycles. The van der Waals surface area contributed by atoms with E-state index in [0.29, 0.717) is 18.5 Å². The van der Waals surface area contributed by atoms with Crippen molar-refractivity contribution < 1.29 is 13.2 Å². The number of benzene rings is 2. The first-order valence-corrected chi connectivity index (χ1v) is 9.38. The number of amides is 1. The number of aryl methyl sites for hydroxylation is 1. The van der Waals surface area contributed by atoms with Crippen molar-refractivity contribution in [3.05, 3.63) is 65.4 Å². The van der Waals surface area contributed by atoms with Gasteiger partial charge in [-0.15, -0.1) is 0 Å². The van der Waals surface area contributed by atoms with Crippen LogP contribution in [-0.2, 0) is 16.4 Å². The standard InChI is InChI=1S/C18H19N3O3S/c1-12-17(15-4-2-3-5-16(15)21-12)18(22)20-11-10-13-6-8-14(9-7-13)25(19,23)24/h2-9,21H,10-11H2,1H3,(H,20,22)(H2,19,23,24). The van der Waals surface area contributed by atoms with Crippen molar-refractivity contribution in [1.29, 1.82) is 0 Å². The van der Waals surface area contributed by atoms with Crippen LogP contribution < -0.4 is 10.5 Å². The summed E-state index contributed by atoms with van der Waals surface area (Å²) >= 11 is 0. The van der Waals surface area contributed by atoms with Gasteiger partial charge < -0.3 is 10.3 Å². The SMILES string of the molecule is Cc1[nH]c2ccccc2c1C(=O)NCCc1ccc(S(N)(=O)=O)cc1. The summed E-state index contributed by atoms with van der Waals surface area (Å²) in [5, 5.41) is 8.88. The van der Waals surface area contributed by atoms with Gasteiger partial charge in [0.1, 0.15) is 0 Å². The molecule has 1 heterocycles. The summed E-state index contributed by atoms with van der Waals surface area (Å²) in [4.78, 5) is 15.8. The Hall–Kier alpha value is -2.64. The van der Waals surface area contributed by atoms with Gasteiger partial charge in [-0.25, -0.2) is 13.6 Å². The number of para-hydroxylation sites is 1. The van der Waals surface area contributed by atoms with Gasteiger partial charge in [0.15, 0.2) is 0 Å². The number of aromatic amines is 1. The number of aromatic nitrogens is 1. The zero-order chi connectivity index (χ0) is 18.0. The number of sulfonamides is 1. The zero-order valence-electron chi connectivity index (χ0n) is 13.7. The van der Waals surface area contributed by atoms with Gasteiger partial charge in [-0.05, 0) is 37.1 Å². The van der Waals surface area contributed by atoms with Gasteiger partial charge in [-0.2, -0.15) is 0 Å². The second-order valence-corrected chi connectivity index (χ2v) is 7.43. The molecule has 0 atom stereocenters. The van der Waals surface area contributed by atoms with Gasteiger partial charge in [-0.3, -0.25) is 4.79 Å². The highest BCUT2D eigenvalue weighted by molar-refractivity contribution is 7.89. The van der Waals surface area contributed by atoms with Gasteiger partial charge in [0, 0.05) is 23.1 Å². The molecule has 7 heteroatoms. The molecule has 0 radical (unpaired) electrons. The number of fused-ring (bicyclic) bond motifs is 1. The van der Waals surface area contributed by atoms with E-state index in [9.17, 15) is 13.2 Å². The maximum Gasteiger partial charge on any atom is 0.253 e. The van der Waals surface area contributed by atoms with Crippen molar-refractivity contribution in [2.75, 3.05) is 6.54 Å². The van der Waals surface area contributed by atoms with E-state index in [1.165, 1.54) is 12.1 Å². The van der Waals surface area contributed by atoms with E-state index >= 15 is 0 Å². The summed E-state index contributed by atoms with van der Waals surface area (Å²) in [6, 6.07) is 14.0. The van der Waals surface area contributed by atoms with Crippen molar-refractivity contribution in [3.63, 3.8) is 0 Å². The summed E-state index contributed by atoms with van der Waals surface area (Å²) in [7, 11) is -3.68. The van der Waals surface area contributed by atoms with E-state index in [-0.39, 0.29) is 10.8 Å². The van der Waals surface area contributed by atoms with Crippen LogP contribution >= 0.6 is 0 Å². The predicted octanol–water partition coefficient (Wildman–Crippen LogP) is 2.10.